The van der Waals surface area contributed by atoms with E-state index in [1.54, 1.807) is 13.8 Å². The molecule has 0 fully saturated rings. The summed E-state index contributed by atoms with van der Waals surface area (Å²) in [5.74, 6) is -1.29. The Morgan fingerprint density at radius 1 is 1.32 bits per heavy atom. The lowest BCUT2D eigenvalue weighted by Gasteiger charge is -2.26. The predicted octanol–water partition coefficient (Wildman–Crippen LogP) is 0.803. The molecule has 0 aromatic carbocycles. The van der Waals surface area contributed by atoms with E-state index in [4.69, 9.17) is 19.9 Å². The van der Waals surface area contributed by atoms with E-state index < -0.39 is 31.9 Å². The lowest BCUT2D eigenvalue weighted by Crippen LogP contribution is -2.40. The number of urea groups is 1. The smallest absolute Gasteiger partial charge is 0.346 e. The molecule has 0 bridgehead atoms. The van der Waals surface area contributed by atoms with E-state index in [-0.39, 0.29) is 32.6 Å². The number of primary amides is 1. The molecule has 0 unspecified atom stereocenters. The molecule has 0 saturated carbocycles. The first-order valence-electron chi connectivity index (χ1n) is 6.85. The molecule has 0 saturated heterocycles. The first kappa shape index (κ1) is 20.8. The average molecular weight is 341 g/mol. The van der Waals surface area contributed by atoms with Crippen molar-refractivity contribution < 1.29 is 33.5 Å². The highest BCUT2D eigenvalue weighted by Gasteiger charge is 2.33. The zero-order chi connectivity index (χ0) is 17.2. The fraction of sp³-hybridized carbons (Fsp3) is 0.818. The number of amides is 2. The molecule has 10 nitrogen and oxygen atoms in total. The molecule has 0 aromatic heterocycles. The van der Waals surface area contributed by atoms with E-state index in [0.29, 0.717) is 5.06 Å². The van der Waals surface area contributed by atoms with E-state index >= 15 is 0 Å². The summed E-state index contributed by atoms with van der Waals surface area (Å²) in [6, 6.07) is -2.02. The topological polar surface area (TPSA) is 151 Å². The highest BCUT2D eigenvalue weighted by Crippen LogP contribution is 2.48. The Balaban J connectivity index is 4.63. The summed E-state index contributed by atoms with van der Waals surface area (Å²) in [5.41, 5.74) is 4.88. The molecule has 130 valence electrons. The number of hydrogen-bond acceptors (Lipinski definition) is 7. The lowest BCUT2D eigenvalue weighted by atomic mass is 10.1. The van der Waals surface area contributed by atoms with Crippen molar-refractivity contribution in [3.63, 3.8) is 0 Å². The van der Waals surface area contributed by atoms with Gasteiger partial charge in [-0.1, -0.05) is 0 Å². The second-order valence-electron chi connectivity index (χ2n) is 4.31. The maximum atomic E-state index is 12.3. The van der Waals surface area contributed by atoms with Gasteiger partial charge in [0.25, 0.3) is 0 Å². The molecule has 0 aliphatic heterocycles. The molecule has 0 aliphatic rings. The minimum absolute atomic E-state index is 0.0182. The Morgan fingerprint density at radius 2 is 1.86 bits per heavy atom. The summed E-state index contributed by atoms with van der Waals surface area (Å²) >= 11 is 0. The molecule has 5 N–H and O–H groups in total. The molecule has 2 amide bonds. The normalized spacial score (nSPS) is 13.1. The molecular formula is C11H24N3O7P. The largest absolute Gasteiger partial charge is 0.480 e. The first-order valence-corrected chi connectivity index (χ1v) is 8.58. The van der Waals surface area contributed by atoms with Crippen LogP contribution in [0, 0.1) is 0 Å². The second-order valence-corrected chi connectivity index (χ2v) is 6.34. The van der Waals surface area contributed by atoms with E-state index in [1.807, 2.05) is 0 Å². The number of hydrogen-bond donors (Lipinski definition) is 4. The van der Waals surface area contributed by atoms with Crippen molar-refractivity contribution in [2.24, 2.45) is 5.73 Å². The molecule has 11 heteroatoms. The molecule has 0 rings (SSSR count). The minimum Gasteiger partial charge on any atom is -0.480 e. The summed E-state index contributed by atoms with van der Waals surface area (Å²) < 4.78 is 22.2. The Morgan fingerprint density at radius 3 is 2.27 bits per heavy atom. The van der Waals surface area contributed by atoms with Crippen molar-refractivity contribution in [3.05, 3.63) is 0 Å². The maximum Gasteiger partial charge on any atom is 0.346 e. The van der Waals surface area contributed by atoms with Crippen molar-refractivity contribution in [2.75, 3.05) is 26.0 Å². The summed E-state index contributed by atoms with van der Waals surface area (Å²) in [4.78, 5) is 21.7. The monoisotopic (exact) mass is 341 g/mol. The maximum absolute atomic E-state index is 12.3. The molecular weight excluding hydrogens is 317 g/mol. The number of carbonyl (C=O) groups excluding carboxylic acids is 1. The van der Waals surface area contributed by atoms with Crippen LogP contribution >= 0.6 is 7.60 Å². The number of nitrogens with zero attached hydrogens (tertiary/aromatic N) is 1. The van der Waals surface area contributed by atoms with Crippen molar-refractivity contribution >= 4 is 19.6 Å². The van der Waals surface area contributed by atoms with Crippen LogP contribution in [-0.4, -0.2) is 59.5 Å². The molecule has 1 atom stereocenters. The molecule has 0 radical (unpaired) electrons. The summed E-state index contributed by atoms with van der Waals surface area (Å²) in [6.07, 6.45) is -0.274. The van der Waals surface area contributed by atoms with E-state index in [2.05, 4.69) is 5.32 Å². The Kier molecular flexibility index (Phi) is 9.95. The number of hydroxylamine groups is 2. The molecule has 0 aromatic rings. The predicted molar refractivity (Wildman–Crippen MR) is 77.6 cm³/mol. The highest BCUT2D eigenvalue weighted by molar-refractivity contribution is 7.53. The van der Waals surface area contributed by atoms with Crippen molar-refractivity contribution in [1.82, 2.24) is 10.4 Å². The van der Waals surface area contributed by atoms with Gasteiger partial charge in [0.15, 0.2) is 0 Å². The Hall–Kier alpha value is -1.19. The van der Waals surface area contributed by atoms with Gasteiger partial charge in [-0.15, -0.1) is 0 Å². The van der Waals surface area contributed by atoms with E-state index in [0.717, 1.165) is 0 Å². The number of rotatable bonds is 12. The van der Waals surface area contributed by atoms with E-state index in [1.165, 1.54) is 0 Å². The van der Waals surface area contributed by atoms with Gasteiger partial charge >= 0.3 is 19.6 Å². The van der Waals surface area contributed by atoms with Crippen LogP contribution in [0.1, 0.15) is 26.7 Å². The Labute approximate surface area is 129 Å². The number of nitrogens with two attached hydrogens (primary N) is 1. The minimum atomic E-state index is -3.60. The van der Waals surface area contributed by atoms with Gasteiger partial charge in [-0.25, -0.2) is 4.79 Å². The van der Waals surface area contributed by atoms with Gasteiger partial charge in [0.1, 0.15) is 12.3 Å². The molecule has 0 heterocycles. The molecule has 22 heavy (non-hydrogen) atoms. The van der Waals surface area contributed by atoms with Crippen molar-refractivity contribution in [1.29, 1.82) is 0 Å². The average Bonchev–Trinajstić information content (AvgIpc) is 2.37. The van der Waals surface area contributed by atoms with Gasteiger partial charge in [-0.3, -0.25) is 9.36 Å². The van der Waals surface area contributed by atoms with Crippen LogP contribution in [0.5, 0.6) is 0 Å². The van der Waals surface area contributed by atoms with Gasteiger partial charge in [0, 0.05) is 6.54 Å². The summed E-state index contributed by atoms with van der Waals surface area (Å²) in [6.45, 7) is 3.59. The van der Waals surface area contributed by atoms with E-state index in [9.17, 15) is 19.4 Å². The van der Waals surface area contributed by atoms with Crippen LogP contribution in [0.2, 0.25) is 0 Å². The first-order chi connectivity index (χ1) is 10.3. The van der Waals surface area contributed by atoms with Crippen molar-refractivity contribution in [2.45, 2.75) is 32.7 Å². The summed E-state index contributed by atoms with van der Waals surface area (Å²) in [7, 11) is -3.60. The van der Waals surface area contributed by atoms with Gasteiger partial charge in [0.2, 0.25) is 0 Å². The third kappa shape index (κ3) is 8.30. The van der Waals surface area contributed by atoms with Gasteiger partial charge < -0.3 is 30.4 Å². The van der Waals surface area contributed by atoms with Crippen LogP contribution in [-0.2, 0) is 18.4 Å². The number of nitrogens with one attached hydrogen (secondary N) is 1. The second kappa shape index (κ2) is 10.5. The summed E-state index contributed by atoms with van der Waals surface area (Å²) in [5, 5.41) is 21.7. The van der Waals surface area contributed by atoms with Gasteiger partial charge in [-0.05, 0) is 26.7 Å². The quantitative estimate of drug-likeness (QED) is 0.231. The van der Waals surface area contributed by atoms with Crippen LogP contribution in [0.25, 0.3) is 0 Å². The standard InChI is InChI=1S/C11H24N3O7P/c1-3-20-22(19,21-4-2)8-14(18)9(10(15)16)6-5-7-13-11(12)17/h9,18H,3-8H2,1-2H3,(H,15,16)(H3,12,13,17)/t9-/m0/s1. The zero-order valence-electron chi connectivity index (χ0n) is 12.7. The zero-order valence-corrected chi connectivity index (χ0v) is 13.6. The number of carbonyl (C=O) groups is 2. The molecule has 0 aliphatic carbocycles. The third-order valence-corrected chi connectivity index (χ3v) is 4.51. The number of carboxylic acids is 1. The van der Waals surface area contributed by atoms with Crippen LogP contribution in [0.4, 0.5) is 4.79 Å². The van der Waals surface area contributed by atoms with Crippen molar-refractivity contribution in [3.8, 4) is 0 Å². The number of aliphatic carboxylic acids is 1. The fourth-order valence-electron chi connectivity index (χ4n) is 1.70. The lowest BCUT2D eigenvalue weighted by molar-refractivity contribution is -0.166. The highest BCUT2D eigenvalue weighted by atomic mass is 31.2. The Bertz CT molecular complexity index is 397. The van der Waals surface area contributed by atoms with Gasteiger partial charge in [-0.2, -0.15) is 5.06 Å². The van der Waals surface area contributed by atoms with Gasteiger partial charge in [0.05, 0.1) is 13.2 Å². The van der Waals surface area contributed by atoms with Crippen LogP contribution in [0.3, 0.4) is 0 Å². The van der Waals surface area contributed by atoms with Crippen LogP contribution in [0.15, 0.2) is 0 Å². The number of carboxylic acid groups (broad SMARTS) is 1. The van der Waals surface area contributed by atoms with Crippen LogP contribution < -0.4 is 11.1 Å². The molecule has 0 spiro atoms. The SMILES string of the molecule is CCOP(=O)(CN(O)[C@@H](CCCNC(N)=O)C(=O)O)OCC. The third-order valence-electron chi connectivity index (χ3n) is 2.57. The fourth-order valence-corrected chi connectivity index (χ4v) is 3.27.